The van der Waals surface area contributed by atoms with Gasteiger partial charge in [0, 0.05) is 16.5 Å². The Kier molecular flexibility index (Phi) is 7.37. The zero-order chi connectivity index (χ0) is 34.2. The van der Waals surface area contributed by atoms with Gasteiger partial charge in [-0.15, -0.1) is 0 Å². The molecule has 0 bridgehead atoms. The Morgan fingerprint density at radius 2 is 1.43 bits per heavy atom. The second-order valence-electron chi connectivity index (χ2n) is 13.1. The van der Waals surface area contributed by atoms with Crippen LogP contribution >= 0.6 is 11.6 Å². The van der Waals surface area contributed by atoms with Crippen molar-refractivity contribution in [1.82, 2.24) is 0 Å². The third-order valence-electron chi connectivity index (χ3n) is 10.8. The van der Waals surface area contributed by atoms with Gasteiger partial charge in [-0.1, -0.05) is 90.0 Å². The molecule has 0 unspecified atom stereocenters. The van der Waals surface area contributed by atoms with Gasteiger partial charge in [-0.2, -0.15) is 0 Å². The zero-order valence-electron chi connectivity index (χ0n) is 26.0. The highest BCUT2D eigenvalue weighted by atomic mass is 35.5. The van der Waals surface area contributed by atoms with Crippen molar-refractivity contribution in [2.24, 2.45) is 23.7 Å². The number of hydrogen-bond acceptors (Lipinski definition) is 7. The number of imide groups is 2. The molecule has 8 rings (SSSR count). The molecule has 49 heavy (non-hydrogen) atoms. The minimum atomic E-state index is -1.79. The molecule has 0 radical (unpaired) electrons. The van der Waals surface area contributed by atoms with E-state index >= 15 is 4.79 Å². The molecule has 0 spiro atoms. The van der Waals surface area contributed by atoms with E-state index in [2.05, 4.69) is 0 Å². The van der Waals surface area contributed by atoms with Crippen molar-refractivity contribution in [3.05, 3.63) is 131 Å². The SMILES string of the molecule is O=C1[C@H]2[C@H](CC=C3[C@H]2C[C@H]2C(=O)N(c4cccc(Cl)c4)C(=O)[C@@]2(c2ccccc2)[C@H]3c2ccccc2O)C(=O)N1c1cccc(B(O)O)c1. The van der Waals surface area contributed by atoms with Crippen molar-refractivity contribution >= 4 is 59.2 Å². The smallest absolute Gasteiger partial charge is 0.488 e. The van der Waals surface area contributed by atoms with Gasteiger partial charge in [0.25, 0.3) is 0 Å². The Balaban J connectivity index is 1.33. The predicted octanol–water partition coefficient (Wildman–Crippen LogP) is 4.09. The molecule has 3 fully saturated rings. The average molecular weight is 673 g/mol. The summed E-state index contributed by atoms with van der Waals surface area (Å²) >= 11 is 6.36. The van der Waals surface area contributed by atoms with Crippen LogP contribution in [0.25, 0.3) is 0 Å². The summed E-state index contributed by atoms with van der Waals surface area (Å²) in [5.74, 6) is -5.84. The molecule has 11 heteroatoms. The molecule has 2 aliphatic carbocycles. The fraction of sp³-hybridized carbons (Fsp3) is 0.211. The van der Waals surface area contributed by atoms with Crippen LogP contribution in [0.15, 0.2) is 115 Å². The molecule has 6 atom stereocenters. The number of fused-ring (bicyclic) bond motifs is 4. The first kappa shape index (κ1) is 31.3. The molecule has 3 N–H and O–H groups in total. The van der Waals surface area contributed by atoms with Crippen LogP contribution in [0.2, 0.25) is 5.02 Å². The molecule has 2 saturated heterocycles. The number of carbonyl (C=O) groups excluding carboxylic acids is 4. The Morgan fingerprint density at radius 1 is 0.735 bits per heavy atom. The number of phenols is 1. The van der Waals surface area contributed by atoms with E-state index in [0.717, 1.165) is 10.5 Å². The Hall–Kier alpha value is -5.03. The number of carbonyl (C=O) groups is 4. The number of amides is 4. The molecular weight excluding hydrogens is 643 g/mol. The number of halogens is 1. The van der Waals surface area contributed by atoms with Crippen LogP contribution in [-0.2, 0) is 24.6 Å². The van der Waals surface area contributed by atoms with E-state index in [4.69, 9.17) is 11.6 Å². The summed E-state index contributed by atoms with van der Waals surface area (Å²) in [4.78, 5) is 60.7. The lowest BCUT2D eigenvalue weighted by molar-refractivity contribution is -0.127. The van der Waals surface area contributed by atoms with Crippen LogP contribution in [0.3, 0.4) is 0 Å². The maximum atomic E-state index is 15.2. The molecule has 4 aromatic carbocycles. The van der Waals surface area contributed by atoms with Crippen LogP contribution < -0.4 is 15.3 Å². The Bertz CT molecular complexity index is 2090. The van der Waals surface area contributed by atoms with E-state index in [-0.39, 0.29) is 29.7 Å². The number of aromatic hydroxyl groups is 1. The molecule has 1 saturated carbocycles. The van der Waals surface area contributed by atoms with Crippen molar-refractivity contribution in [3.63, 3.8) is 0 Å². The molecule has 2 aliphatic heterocycles. The van der Waals surface area contributed by atoms with E-state index < -0.39 is 65.8 Å². The number of hydrogen-bond donors (Lipinski definition) is 3. The Morgan fingerprint density at radius 3 is 2.14 bits per heavy atom. The second kappa shape index (κ2) is 11.5. The van der Waals surface area contributed by atoms with E-state index in [1.165, 1.54) is 17.0 Å². The maximum Gasteiger partial charge on any atom is 0.488 e. The second-order valence-corrected chi connectivity index (χ2v) is 13.6. The lowest BCUT2D eigenvalue weighted by atomic mass is 9.49. The lowest BCUT2D eigenvalue weighted by Crippen LogP contribution is -2.53. The average Bonchev–Trinajstić information content (AvgIpc) is 3.49. The van der Waals surface area contributed by atoms with Crippen LogP contribution in [0.4, 0.5) is 11.4 Å². The van der Waals surface area contributed by atoms with Gasteiger partial charge in [-0.3, -0.25) is 24.1 Å². The first-order valence-electron chi connectivity index (χ1n) is 16.2. The minimum absolute atomic E-state index is 0.0542. The molecule has 0 aromatic heterocycles. The monoisotopic (exact) mass is 672 g/mol. The van der Waals surface area contributed by atoms with E-state index in [1.54, 1.807) is 60.7 Å². The highest BCUT2D eigenvalue weighted by Crippen LogP contribution is 2.65. The van der Waals surface area contributed by atoms with Crippen molar-refractivity contribution in [2.45, 2.75) is 24.2 Å². The molecule has 9 nitrogen and oxygen atoms in total. The fourth-order valence-electron chi connectivity index (χ4n) is 8.90. The maximum absolute atomic E-state index is 15.2. The van der Waals surface area contributed by atoms with Gasteiger partial charge >= 0.3 is 7.12 Å². The summed E-state index contributed by atoms with van der Waals surface area (Å²) in [7, 11) is -1.79. The normalized spacial score (nSPS) is 27.5. The van der Waals surface area contributed by atoms with Crippen LogP contribution in [-0.4, -0.2) is 45.9 Å². The highest BCUT2D eigenvalue weighted by Gasteiger charge is 2.70. The van der Waals surface area contributed by atoms with Crippen molar-refractivity contribution in [2.75, 3.05) is 9.80 Å². The van der Waals surface area contributed by atoms with E-state index in [1.807, 2.05) is 36.4 Å². The fourth-order valence-corrected chi connectivity index (χ4v) is 9.08. The van der Waals surface area contributed by atoms with Gasteiger partial charge in [-0.25, -0.2) is 4.90 Å². The highest BCUT2D eigenvalue weighted by molar-refractivity contribution is 6.58. The first-order valence-corrected chi connectivity index (χ1v) is 16.5. The molecule has 2 heterocycles. The summed E-state index contributed by atoms with van der Waals surface area (Å²) < 4.78 is 0. The van der Waals surface area contributed by atoms with Crippen molar-refractivity contribution in [3.8, 4) is 5.75 Å². The molecule has 4 aliphatic rings. The Labute approximate surface area is 287 Å². The number of allylic oxidation sites excluding steroid dienone is 2. The first-order chi connectivity index (χ1) is 23.6. The summed E-state index contributed by atoms with van der Waals surface area (Å²) in [6, 6.07) is 28.4. The number of phenolic OH excluding ortho intramolecular Hbond substituents is 1. The van der Waals surface area contributed by atoms with Gasteiger partial charge in [0.2, 0.25) is 23.6 Å². The standard InChI is InChI=1S/C38H30BClN2O7/c40-23-11-7-13-25(19-23)42-35(45)30-20-29-26(16-17-28-32(29)36(46)41(34(28)44)24-12-6-10-22(18-24)39(48)49)33(27-14-4-5-15-31(27)43)38(30,37(42)47)21-8-2-1-3-9-21/h1-16,18-19,28-30,32-33,43,48-49H,17,20H2/t28-,29+,30-,32-,33+,38+/m0/s1. The quantitative estimate of drug-likeness (QED) is 0.165. The van der Waals surface area contributed by atoms with Gasteiger partial charge in [0.1, 0.15) is 5.75 Å². The van der Waals surface area contributed by atoms with E-state index in [0.29, 0.717) is 21.8 Å². The van der Waals surface area contributed by atoms with Crippen molar-refractivity contribution in [1.29, 1.82) is 0 Å². The van der Waals surface area contributed by atoms with Gasteiger partial charge < -0.3 is 15.2 Å². The zero-order valence-corrected chi connectivity index (χ0v) is 26.8. The van der Waals surface area contributed by atoms with Crippen LogP contribution in [0.1, 0.15) is 29.9 Å². The number of nitrogens with zero attached hydrogens (tertiary/aromatic N) is 2. The summed E-state index contributed by atoms with van der Waals surface area (Å²) in [6.07, 6.45) is 2.24. The topological polar surface area (TPSA) is 135 Å². The van der Waals surface area contributed by atoms with Gasteiger partial charge in [0.05, 0.1) is 34.5 Å². The number of benzene rings is 4. The van der Waals surface area contributed by atoms with Crippen molar-refractivity contribution < 1.29 is 34.3 Å². The summed E-state index contributed by atoms with van der Waals surface area (Å²) in [5, 5.41) is 31.3. The number of rotatable bonds is 5. The molecular formula is C38H30BClN2O7. The van der Waals surface area contributed by atoms with Gasteiger partial charge in [0.15, 0.2) is 0 Å². The largest absolute Gasteiger partial charge is 0.508 e. The van der Waals surface area contributed by atoms with Gasteiger partial charge in [-0.05, 0) is 66.2 Å². The predicted molar refractivity (Wildman–Crippen MR) is 183 cm³/mol. The van der Waals surface area contributed by atoms with Crippen LogP contribution in [0.5, 0.6) is 5.75 Å². The lowest BCUT2D eigenvalue weighted by Gasteiger charge is -2.50. The summed E-state index contributed by atoms with van der Waals surface area (Å²) in [6.45, 7) is 0. The third-order valence-corrected chi connectivity index (χ3v) is 11.1. The summed E-state index contributed by atoms with van der Waals surface area (Å²) in [5.41, 5.74) is 0.953. The molecule has 244 valence electrons. The van der Waals surface area contributed by atoms with E-state index in [9.17, 15) is 29.5 Å². The number of anilines is 2. The third kappa shape index (κ3) is 4.48. The minimum Gasteiger partial charge on any atom is -0.508 e. The van der Waals surface area contributed by atoms with Crippen LogP contribution in [0, 0.1) is 23.7 Å². The molecule has 4 amide bonds. The number of para-hydroxylation sites is 1. The molecule has 4 aromatic rings.